The van der Waals surface area contributed by atoms with Crippen molar-refractivity contribution in [1.82, 2.24) is 25.4 Å². The Hall–Kier alpha value is -2.25. The van der Waals surface area contributed by atoms with Gasteiger partial charge in [0.05, 0.1) is 17.4 Å². The van der Waals surface area contributed by atoms with Gasteiger partial charge in [0.25, 0.3) is 5.56 Å². The summed E-state index contributed by atoms with van der Waals surface area (Å²) in [6.07, 6.45) is 1.98. The molecule has 7 nitrogen and oxygen atoms in total. The molecule has 2 aromatic heterocycles. The van der Waals surface area contributed by atoms with Gasteiger partial charge in [-0.3, -0.25) is 4.79 Å². The molecule has 0 saturated heterocycles. The van der Waals surface area contributed by atoms with Crippen molar-refractivity contribution in [3.8, 4) is 0 Å². The van der Waals surface area contributed by atoms with Crippen LogP contribution in [-0.2, 0) is 13.0 Å². The molecule has 8 heteroatoms. The highest BCUT2D eigenvalue weighted by Crippen LogP contribution is 2.14. The summed E-state index contributed by atoms with van der Waals surface area (Å²) >= 11 is 5.92. The second-order valence-electron chi connectivity index (χ2n) is 4.44. The van der Waals surface area contributed by atoms with Gasteiger partial charge in [-0.05, 0) is 18.2 Å². The predicted octanol–water partition coefficient (Wildman–Crippen LogP) is 1.29. The van der Waals surface area contributed by atoms with Gasteiger partial charge in [0.15, 0.2) is 6.33 Å². The van der Waals surface area contributed by atoms with Crippen LogP contribution in [0.4, 0.5) is 0 Å². The third-order valence-corrected chi connectivity index (χ3v) is 3.17. The molecule has 0 bridgehead atoms. The van der Waals surface area contributed by atoms with Gasteiger partial charge in [0.2, 0.25) is 5.89 Å². The van der Waals surface area contributed by atoms with Gasteiger partial charge >= 0.3 is 0 Å². The maximum Gasteiger partial charge on any atom is 0.258 e. The molecule has 0 spiro atoms. The lowest BCUT2D eigenvalue weighted by atomic mass is 10.2. The minimum atomic E-state index is -0.176. The third kappa shape index (κ3) is 3.26. The molecule has 0 unspecified atom stereocenters. The highest BCUT2D eigenvalue weighted by Gasteiger charge is 2.05. The molecule has 3 aromatic rings. The first kappa shape index (κ1) is 13.7. The first-order valence-electron chi connectivity index (χ1n) is 6.37. The Balaban J connectivity index is 1.68. The molecule has 0 amide bonds. The minimum absolute atomic E-state index is 0.176. The summed E-state index contributed by atoms with van der Waals surface area (Å²) in [5, 5.41) is 7.75. The van der Waals surface area contributed by atoms with Gasteiger partial charge in [0, 0.05) is 18.0 Å². The van der Waals surface area contributed by atoms with Crippen LogP contribution in [0, 0.1) is 0 Å². The number of fused-ring (bicyclic) bond motifs is 1. The van der Waals surface area contributed by atoms with E-state index >= 15 is 0 Å². The maximum absolute atomic E-state index is 11.9. The first-order chi connectivity index (χ1) is 10.2. The highest BCUT2D eigenvalue weighted by atomic mass is 35.5. The Morgan fingerprint density at radius 3 is 3.10 bits per heavy atom. The summed E-state index contributed by atoms with van der Waals surface area (Å²) in [5.74, 6) is 1.12. The van der Waals surface area contributed by atoms with Crippen LogP contribution < -0.4 is 10.9 Å². The molecule has 0 radical (unpaired) electrons. The van der Waals surface area contributed by atoms with Crippen LogP contribution in [0.5, 0.6) is 0 Å². The minimum Gasteiger partial charge on any atom is -0.340 e. The molecule has 0 aliphatic carbocycles. The second kappa shape index (κ2) is 6.02. The van der Waals surface area contributed by atoms with Crippen molar-refractivity contribution in [2.24, 2.45) is 0 Å². The number of nitrogens with one attached hydrogen (secondary N) is 2. The van der Waals surface area contributed by atoms with Gasteiger partial charge in [-0.25, -0.2) is 4.98 Å². The molecule has 0 saturated carbocycles. The number of rotatable bonds is 5. The third-order valence-electron chi connectivity index (χ3n) is 2.93. The largest absolute Gasteiger partial charge is 0.340 e. The van der Waals surface area contributed by atoms with Crippen molar-refractivity contribution < 1.29 is 4.52 Å². The van der Waals surface area contributed by atoms with Crippen molar-refractivity contribution in [3.05, 3.63) is 51.6 Å². The van der Waals surface area contributed by atoms with Crippen molar-refractivity contribution >= 4 is 22.5 Å². The molecule has 0 fully saturated rings. The standard InChI is InChI=1S/C13H12ClN5O2/c14-8-1-2-9-10(5-8)18-11(19-13(9)20)6-15-4-3-12-16-7-17-21-12/h1-2,5,7,15H,3-4,6H2,(H,18,19,20). The topological polar surface area (TPSA) is 96.7 Å². The van der Waals surface area contributed by atoms with Crippen LogP contribution in [0.1, 0.15) is 11.7 Å². The number of aromatic amines is 1. The lowest BCUT2D eigenvalue weighted by molar-refractivity contribution is 0.374. The average molecular weight is 306 g/mol. The van der Waals surface area contributed by atoms with E-state index in [1.807, 2.05) is 0 Å². The summed E-state index contributed by atoms with van der Waals surface area (Å²) in [6, 6.07) is 5.01. The van der Waals surface area contributed by atoms with E-state index in [0.717, 1.165) is 0 Å². The average Bonchev–Trinajstić information content (AvgIpc) is 2.96. The summed E-state index contributed by atoms with van der Waals surface area (Å²) in [5.41, 5.74) is 0.408. The van der Waals surface area contributed by atoms with Crippen molar-refractivity contribution in [2.45, 2.75) is 13.0 Å². The Labute approximate surface area is 124 Å². The van der Waals surface area contributed by atoms with E-state index < -0.39 is 0 Å². The van der Waals surface area contributed by atoms with Crippen molar-refractivity contribution in [3.63, 3.8) is 0 Å². The van der Waals surface area contributed by atoms with E-state index in [4.69, 9.17) is 16.1 Å². The summed E-state index contributed by atoms with van der Waals surface area (Å²) in [4.78, 5) is 23.0. The zero-order chi connectivity index (χ0) is 14.7. The quantitative estimate of drug-likeness (QED) is 0.690. The lowest BCUT2D eigenvalue weighted by Crippen LogP contribution is -2.21. The van der Waals surface area contributed by atoms with Crippen molar-refractivity contribution in [2.75, 3.05) is 6.54 Å². The Morgan fingerprint density at radius 2 is 2.29 bits per heavy atom. The molecule has 108 valence electrons. The monoisotopic (exact) mass is 305 g/mol. The number of halogens is 1. The van der Waals surface area contributed by atoms with Crippen LogP contribution in [0.15, 0.2) is 33.8 Å². The van der Waals surface area contributed by atoms with E-state index in [0.29, 0.717) is 47.2 Å². The highest BCUT2D eigenvalue weighted by molar-refractivity contribution is 6.31. The van der Waals surface area contributed by atoms with Gasteiger partial charge in [-0.2, -0.15) is 4.98 Å². The molecule has 2 N–H and O–H groups in total. The van der Waals surface area contributed by atoms with E-state index in [2.05, 4.69) is 25.4 Å². The molecule has 0 atom stereocenters. The lowest BCUT2D eigenvalue weighted by Gasteiger charge is -2.04. The molecule has 21 heavy (non-hydrogen) atoms. The normalized spacial score (nSPS) is 11.1. The fourth-order valence-electron chi connectivity index (χ4n) is 1.95. The van der Waals surface area contributed by atoms with Crippen LogP contribution in [0.25, 0.3) is 10.9 Å². The Bertz CT molecular complexity index is 800. The fraction of sp³-hybridized carbons (Fsp3) is 0.231. The van der Waals surface area contributed by atoms with Crippen LogP contribution >= 0.6 is 11.6 Å². The zero-order valence-electron chi connectivity index (χ0n) is 11.0. The number of aromatic nitrogens is 4. The van der Waals surface area contributed by atoms with Gasteiger partial charge in [-0.1, -0.05) is 16.8 Å². The Kier molecular flexibility index (Phi) is 3.94. The van der Waals surface area contributed by atoms with Gasteiger partial charge in [-0.15, -0.1) is 0 Å². The molecule has 1 aromatic carbocycles. The number of nitrogens with zero attached hydrogens (tertiary/aromatic N) is 3. The van der Waals surface area contributed by atoms with Gasteiger partial charge in [0.1, 0.15) is 5.82 Å². The zero-order valence-corrected chi connectivity index (χ0v) is 11.7. The summed E-state index contributed by atoms with van der Waals surface area (Å²) in [6.45, 7) is 1.07. The maximum atomic E-state index is 11.9. The number of H-pyrrole nitrogens is 1. The van der Waals surface area contributed by atoms with E-state index in [1.165, 1.54) is 6.33 Å². The van der Waals surface area contributed by atoms with Crippen molar-refractivity contribution in [1.29, 1.82) is 0 Å². The fourth-order valence-corrected chi connectivity index (χ4v) is 2.12. The number of hydrogen-bond acceptors (Lipinski definition) is 6. The molecular weight excluding hydrogens is 294 g/mol. The van der Waals surface area contributed by atoms with Crippen LogP contribution in [0.2, 0.25) is 5.02 Å². The molecular formula is C13H12ClN5O2. The van der Waals surface area contributed by atoms with E-state index in [1.54, 1.807) is 18.2 Å². The molecule has 3 rings (SSSR count). The van der Waals surface area contributed by atoms with Gasteiger partial charge < -0.3 is 14.8 Å². The van der Waals surface area contributed by atoms with Crippen LogP contribution in [-0.4, -0.2) is 26.7 Å². The number of hydrogen-bond donors (Lipinski definition) is 2. The SMILES string of the molecule is O=c1[nH]c(CNCCc2ncno2)nc2cc(Cl)ccc12. The second-order valence-corrected chi connectivity index (χ2v) is 4.87. The number of benzene rings is 1. The Morgan fingerprint density at radius 1 is 1.38 bits per heavy atom. The van der Waals surface area contributed by atoms with E-state index in [9.17, 15) is 4.79 Å². The predicted molar refractivity (Wildman–Crippen MR) is 77.1 cm³/mol. The summed E-state index contributed by atoms with van der Waals surface area (Å²) in [7, 11) is 0. The van der Waals surface area contributed by atoms with E-state index in [-0.39, 0.29) is 5.56 Å². The molecule has 2 heterocycles. The first-order valence-corrected chi connectivity index (χ1v) is 6.75. The molecule has 0 aliphatic rings. The smallest absolute Gasteiger partial charge is 0.258 e. The van der Waals surface area contributed by atoms with Crippen LogP contribution in [0.3, 0.4) is 0 Å². The summed E-state index contributed by atoms with van der Waals surface area (Å²) < 4.78 is 4.89. The molecule has 0 aliphatic heterocycles.